The van der Waals surface area contributed by atoms with Gasteiger partial charge in [0.2, 0.25) is 0 Å². The number of alkyl halides is 1. The third-order valence-electron chi connectivity index (χ3n) is 3.23. The van der Waals surface area contributed by atoms with Crippen molar-refractivity contribution in [1.82, 2.24) is 0 Å². The summed E-state index contributed by atoms with van der Waals surface area (Å²) in [5.74, 6) is 0.765. The van der Waals surface area contributed by atoms with E-state index < -0.39 is 0 Å². The SMILES string of the molecule is CCC(C)CC(Br)c1csc2c(Br)cccc12. The Balaban J connectivity index is 2.33. The monoisotopic (exact) mass is 374 g/mol. The Kier molecular flexibility index (Phi) is 4.67. The molecule has 2 rings (SSSR count). The predicted octanol–water partition coefficient (Wildman–Crippen LogP) is 6.54. The van der Waals surface area contributed by atoms with Crippen LogP contribution in [0.4, 0.5) is 0 Å². The summed E-state index contributed by atoms with van der Waals surface area (Å²) in [4.78, 5) is 0.473. The Labute approximate surface area is 124 Å². The first-order valence-corrected chi connectivity index (χ1v) is 8.52. The molecule has 0 saturated heterocycles. The van der Waals surface area contributed by atoms with E-state index in [2.05, 4.69) is 69.3 Å². The smallest absolute Gasteiger partial charge is 0.0488 e. The molecule has 0 aliphatic rings. The van der Waals surface area contributed by atoms with E-state index in [0.29, 0.717) is 4.83 Å². The summed E-state index contributed by atoms with van der Waals surface area (Å²) in [7, 11) is 0. The van der Waals surface area contributed by atoms with E-state index in [0.717, 1.165) is 5.92 Å². The number of rotatable bonds is 4. The Morgan fingerprint density at radius 2 is 2.12 bits per heavy atom. The first-order valence-electron chi connectivity index (χ1n) is 5.93. The average molecular weight is 376 g/mol. The highest BCUT2D eigenvalue weighted by atomic mass is 79.9. The minimum atomic E-state index is 0.473. The fourth-order valence-electron chi connectivity index (χ4n) is 1.93. The van der Waals surface area contributed by atoms with E-state index in [1.54, 1.807) is 0 Å². The van der Waals surface area contributed by atoms with E-state index in [-0.39, 0.29) is 0 Å². The lowest BCUT2D eigenvalue weighted by Gasteiger charge is -2.14. The summed E-state index contributed by atoms with van der Waals surface area (Å²) in [6.45, 7) is 4.57. The zero-order valence-electron chi connectivity index (χ0n) is 10.0. The molecule has 0 amide bonds. The molecular weight excluding hydrogens is 360 g/mol. The molecule has 0 bridgehead atoms. The molecule has 0 aliphatic heterocycles. The van der Waals surface area contributed by atoms with Gasteiger partial charge in [0, 0.05) is 14.0 Å². The summed E-state index contributed by atoms with van der Waals surface area (Å²) in [6.07, 6.45) is 2.45. The van der Waals surface area contributed by atoms with Crippen LogP contribution >= 0.6 is 43.2 Å². The van der Waals surface area contributed by atoms with Gasteiger partial charge in [0.25, 0.3) is 0 Å². The van der Waals surface area contributed by atoms with Crippen molar-refractivity contribution >= 4 is 53.3 Å². The van der Waals surface area contributed by atoms with E-state index >= 15 is 0 Å². The summed E-state index contributed by atoms with van der Waals surface area (Å²) >= 11 is 9.29. The number of thiophene rings is 1. The van der Waals surface area contributed by atoms with E-state index in [1.807, 2.05) is 11.3 Å². The highest BCUT2D eigenvalue weighted by Crippen LogP contribution is 2.40. The van der Waals surface area contributed by atoms with Crippen molar-refractivity contribution < 1.29 is 0 Å². The summed E-state index contributed by atoms with van der Waals surface area (Å²) in [5, 5.41) is 3.67. The number of fused-ring (bicyclic) bond motifs is 1. The van der Waals surface area contributed by atoms with Gasteiger partial charge in [-0.05, 0) is 50.7 Å². The van der Waals surface area contributed by atoms with Gasteiger partial charge < -0.3 is 0 Å². The second-order valence-corrected chi connectivity index (χ2v) is 7.36. The van der Waals surface area contributed by atoms with E-state index in [1.165, 1.54) is 33.0 Å². The number of halogens is 2. The topological polar surface area (TPSA) is 0 Å². The molecule has 2 atom stereocenters. The van der Waals surface area contributed by atoms with Crippen LogP contribution in [-0.4, -0.2) is 0 Å². The third kappa shape index (κ3) is 2.94. The van der Waals surface area contributed by atoms with Crippen LogP contribution in [0.25, 0.3) is 10.1 Å². The lowest BCUT2D eigenvalue weighted by molar-refractivity contribution is 0.515. The van der Waals surface area contributed by atoms with Crippen LogP contribution in [0.3, 0.4) is 0 Å². The van der Waals surface area contributed by atoms with Crippen LogP contribution < -0.4 is 0 Å². The van der Waals surface area contributed by atoms with Crippen molar-refractivity contribution in [1.29, 1.82) is 0 Å². The molecule has 0 radical (unpaired) electrons. The molecule has 0 fully saturated rings. The van der Waals surface area contributed by atoms with Gasteiger partial charge in [0.05, 0.1) is 0 Å². The van der Waals surface area contributed by atoms with Crippen molar-refractivity contribution in [3.05, 3.63) is 33.6 Å². The molecule has 0 spiro atoms. The fraction of sp³-hybridized carbons (Fsp3) is 0.429. The first kappa shape index (κ1) is 13.6. The molecule has 0 nitrogen and oxygen atoms in total. The Bertz CT molecular complexity index is 504. The van der Waals surface area contributed by atoms with Crippen LogP contribution in [-0.2, 0) is 0 Å². The standard InChI is InChI=1S/C14H16Br2S/c1-3-9(2)7-13(16)11-8-17-14-10(11)5-4-6-12(14)15/h4-6,8-9,13H,3,7H2,1-2H3. The average Bonchev–Trinajstić information content (AvgIpc) is 2.74. The number of hydrogen-bond acceptors (Lipinski definition) is 1. The Hall–Kier alpha value is 0.140. The zero-order chi connectivity index (χ0) is 12.4. The largest absolute Gasteiger partial charge is 0.142 e. The highest BCUT2D eigenvalue weighted by Gasteiger charge is 2.16. The minimum Gasteiger partial charge on any atom is -0.142 e. The highest BCUT2D eigenvalue weighted by molar-refractivity contribution is 9.10. The first-order chi connectivity index (χ1) is 8.13. The van der Waals surface area contributed by atoms with Crippen LogP contribution in [0.15, 0.2) is 28.1 Å². The zero-order valence-corrected chi connectivity index (χ0v) is 14.0. The molecule has 17 heavy (non-hydrogen) atoms. The molecule has 1 aromatic heterocycles. The van der Waals surface area contributed by atoms with Gasteiger partial charge in [-0.25, -0.2) is 0 Å². The third-order valence-corrected chi connectivity index (χ3v) is 6.06. The summed E-state index contributed by atoms with van der Waals surface area (Å²) in [5.41, 5.74) is 1.44. The van der Waals surface area contributed by atoms with Crippen molar-refractivity contribution in [3.63, 3.8) is 0 Å². The Morgan fingerprint density at radius 1 is 1.35 bits per heavy atom. The molecule has 0 saturated carbocycles. The van der Waals surface area contributed by atoms with Gasteiger partial charge in [-0.2, -0.15) is 0 Å². The molecule has 1 heterocycles. The molecule has 0 aliphatic carbocycles. The number of hydrogen-bond donors (Lipinski definition) is 0. The predicted molar refractivity (Wildman–Crippen MR) is 85.3 cm³/mol. The van der Waals surface area contributed by atoms with Crippen molar-refractivity contribution in [2.24, 2.45) is 5.92 Å². The second kappa shape index (κ2) is 5.85. The van der Waals surface area contributed by atoms with Gasteiger partial charge >= 0.3 is 0 Å². The summed E-state index contributed by atoms with van der Waals surface area (Å²) < 4.78 is 2.56. The normalized spacial score (nSPS) is 15.1. The molecule has 2 unspecified atom stereocenters. The minimum absolute atomic E-state index is 0.473. The van der Waals surface area contributed by atoms with Crippen molar-refractivity contribution in [2.75, 3.05) is 0 Å². The molecule has 1 aromatic carbocycles. The van der Waals surface area contributed by atoms with Crippen LogP contribution in [0.1, 0.15) is 37.1 Å². The quantitative estimate of drug-likeness (QED) is 0.532. The van der Waals surface area contributed by atoms with Gasteiger partial charge in [-0.1, -0.05) is 48.3 Å². The lowest BCUT2D eigenvalue weighted by Crippen LogP contribution is -1.97. The van der Waals surface area contributed by atoms with Crippen molar-refractivity contribution in [2.45, 2.75) is 31.5 Å². The molecule has 3 heteroatoms. The maximum absolute atomic E-state index is 3.84. The van der Waals surface area contributed by atoms with E-state index in [4.69, 9.17) is 0 Å². The number of benzene rings is 1. The second-order valence-electron chi connectivity index (χ2n) is 4.52. The van der Waals surface area contributed by atoms with E-state index in [9.17, 15) is 0 Å². The van der Waals surface area contributed by atoms with Gasteiger partial charge in [-0.3, -0.25) is 0 Å². The maximum atomic E-state index is 3.84. The van der Waals surface area contributed by atoms with Crippen LogP contribution in [0.2, 0.25) is 0 Å². The van der Waals surface area contributed by atoms with Gasteiger partial charge in [0.1, 0.15) is 0 Å². The molecule has 2 aromatic rings. The Morgan fingerprint density at radius 3 is 2.82 bits per heavy atom. The van der Waals surface area contributed by atoms with Gasteiger partial charge in [0.15, 0.2) is 0 Å². The van der Waals surface area contributed by atoms with Gasteiger partial charge in [-0.15, -0.1) is 11.3 Å². The maximum Gasteiger partial charge on any atom is 0.0488 e. The lowest BCUT2D eigenvalue weighted by atomic mass is 9.99. The molecule has 92 valence electrons. The summed E-state index contributed by atoms with van der Waals surface area (Å²) in [6, 6.07) is 6.45. The molecular formula is C14H16Br2S. The van der Waals surface area contributed by atoms with Crippen molar-refractivity contribution in [3.8, 4) is 0 Å². The van der Waals surface area contributed by atoms with Crippen LogP contribution in [0, 0.1) is 5.92 Å². The fourth-order valence-corrected chi connectivity index (χ4v) is 4.80. The molecule has 0 N–H and O–H groups in total. The van der Waals surface area contributed by atoms with Crippen LogP contribution in [0.5, 0.6) is 0 Å².